The Morgan fingerprint density at radius 1 is 1.00 bits per heavy atom. The lowest BCUT2D eigenvalue weighted by Gasteiger charge is -1.58. The van der Waals surface area contributed by atoms with Crippen molar-refractivity contribution in [3.05, 3.63) is 0 Å². The normalized spacial score (nSPS) is 8.15. The third-order valence-corrected chi connectivity index (χ3v) is 0.249. The van der Waals surface area contributed by atoms with Gasteiger partial charge >= 0.3 is 0 Å². The van der Waals surface area contributed by atoms with Crippen LogP contribution in [0.25, 0.3) is 0 Å². The number of nitrogens with zero attached hydrogens (tertiary/aromatic N) is 4. The van der Waals surface area contributed by atoms with E-state index in [-0.39, 0.29) is 0 Å². The molecule has 8 heteroatoms. The summed E-state index contributed by atoms with van der Waals surface area (Å²) in [5.41, 5.74) is 12.0. The SMILES string of the molecule is CCC.N=NC=NN.N=NC=NN. The molecule has 0 spiro atoms. The Labute approximate surface area is 77.1 Å². The Morgan fingerprint density at radius 3 is 1.23 bits per heavy atom. The summed E-state index contributed by atoms with van der Waals surface area (Å²) in [6.07, 6.45) is 3.14. The van der Waals surface area contributed by atoms with Crippen LogP contribution in [0.3, 0.4) is 0 Å². The summed E-state index contributed by atoms with van der Waals surface area (Å²) < 4.78 is 0. The van der Waals surface area contributed by atoms with Crippen LogP contribution in [0.2, 0.25) is 0 Å². The molecule has 0 aliphatic carbocycles. The Hall–Kier alpha value is -1.86. The maximum Gasteiger partial charge on any atom is 0.156 e. The van der Waals surface area contributed by atoms with E-state index in [1.165, 1.54) is 6.42 Å². The molecule has 0 aromatic heterocycles. The van der Waals surface area contributed by atoms with Crippen LogP contribution in [0, 0.1) is 11.1 Å². The average molecular weight is 188 g/mol. The monoisotopic (exact) mass is 188 g/mol. The summed E-state index contributed by atoms with van der Waals surface area (Å²) in [4.78, 5) is 0. The van der Waals surface area contributed by atoms with Crippen LogP contribution in [-0.4, -0.2) is 12.7 Å². The fraction of sp³-hybridized carbons (Fsp3) is 0.600. The van der Waals surface area contributed by atoms with Gasteiger partial charge in [0.2, 0.25) is 0 Å². The van der Waals surface area contributed by atoms with Crippen molar-refractivity contribution in [2.75, 3.05) is 0 Å². The molecule has 0 aromatic carbocycles. The standard InChI is InChI=1S/C3H8.2CH4N4/c1-3-2;2*2-4-1-5-3/h3H2,1-2H3;2*1-2H,3H2. The highest BCUT2D eigenvalue weighted by molar-refractivity contribution is 5.53. The van der Waals surface area contributed by atoms with E-state index in [1.807, 2.05) is 0 Å². The molecule has 0 aromatic rings. The first-order valence-electron chi connectivity index (χ1n) is 3.41. The van der Waals surface area contributed by atoms with E-state index in [0.29, 0.717) is 0 Å². The van der Waals surface area contributed by atoms with Crippen molar-refractivity contribution in [3.8, 4) is 0 Å². The Bertz CT molecular complexity index is 123. The van der Waals surface area contributed by atoms with Crippen LogP contribution < -0.4 is 11.7 Å². The number of hydrogen-bond acceptors (Lipinski definition) is 6. The summed E-state index contributed by atoms with van der Waals surface area (Å²) in [6, 6.07) is 0. The van der Waals surface area contributed by atoms with Gasteiger partial charge in [-0.3, -0.25) is 0 Å². The van der Waals surface area contributed by atoms with Crippen molar-refractivity contribution in [2.45, 2.75) is 20.3 Å². The maximum absolute atomic E-state index is 6.00. The number of nitrogens with two attached hydrogens (primary N) is 2. The highest BCUT2D eigenvalue weighted by Gasteiger charge is 1.44. The quantitative estimate of drug-likeness (QED) is 0.170. The molecule has 0 heterocycles. The molecule has 6 N–H and O–H groups in total. The van der Waals surface area contributed by atoms with E-state index in [0.717, 1.165) is 12.7 Å². The van der Waals surface area contributed by atoms with Crippen molar-refractivity contribution >= 4 is 12.7 Å². The number of hydrogen-bond donors (Lipinski definition) is 4. The summed E-state index contributed by atoms with van der Waals surface area (Å²) in [6.45, 7) is 4.25. The zero-order valence-corrected chi connectivity index (χ0v) is 7.81. The lowest BCUT2D eigenvalue weighted by atomic mass is 10.6. The Morgan fingerprint density at radius 2 is 1.23 bits per heavy atom. The molecule has 0 atom stereocenters. The summed E-state index contributed by atoms with van der Waals surface area (Å²) >= 11 is 0. The van der Waals surface area contributed by atoms with E-state index in [9.17, 15) is 0 Å². The van der Waals surface area contributed by atoms with Crippen LogP contribution in [0.4, 0.5) is 0 Å². The van der Waals surface area contributed by atoms with Gasteiger partial charge in [0.25, 0.3) is 0 Å². The van der Waals surface area contributed by atoms with Crippen LogP contribution in [-0.2, 0) is 0 Å². The van der Waals surface area contributed by atoms with Crippen LogP contribution in [0.15, 0.2) is 20.4 Å². The van der Waals surface area contributed by atoms with Gasteiger partial charge in [-0.1, -0.05) is 20.3 Å². The second-order valence-corrected chi connectivity index (χ2v) is 1.49. The largest absolute Gasteiger partial charge is 0.322 e. The first kappa shape index (κ1) is 17.3. The van der Waals surface area contributed by atoms with Gasteiger partial charge in [0, 0.05) is 0 Å². The molecule has 0 rings (SSSR count). The van der Waals surface area contributed by atoms with E-state index in [4.69, 9.17) is 11.1 Å². The smallest absolute Gasteiger partial charge is 0.156 e. The van der Waals surface area contributed by atoms with Gasteiger partial charge in [-0.05, 0) is 0 Å². The second-order valence-electron chi connectivity index (χ2n) is 1.49. The van der Waals surface area contributed by atoms with Gasteiger partial charge in [0.15, 0.2) is 12.7 Å². The van der Waals surface area contributed by atoms with Gasteiger partial charge in [0.05, 0.1) is 0 Å². The summed E-state index contributed by atoms with van der Waals surface area (Å²) in [7, 11) is 0. The van der Waals surface area contributed by atoms with Gasteiger partial charge in [-0.25, -0.2) is 11.1 Å². The first-order chi connectivity index (χ1) is 6.24. The Balaban J connectivity index is -0.000000120. The lowest BCUT2D eigenvalue weighted by molar-refractivity contribution is 1.09. The van der Waals surface area contributed by atoms with Crippen molar-refractivity contribution in [1.29, 1.82) is 11.1 Å². The van der Waals surface area contributed by atoms with E-state index in [2.05, 4.69) is 46.0 Å². The average Bonchev–Trinajstić information content (AvgIpc) is 2.09. The molecule has 0 radical (unpaired) electrons. The number of hydrazone groups is 2. The summed E-state index contributed by atoms with van der Waals surface area (Å²) in [5, 5.41) is 11.1. The minimum Gasteiger partial charge on any atom is -0.322 e. The lowest BCUT2D eigenvalue weighted by Crippen LogP contribution is -1.75. The minimum atomic E-state index is 0.944. The van der Waals surface area contributed by atoms with Gasteiger partial charge in [-0.2, -0.15) is 10.2 Å². The highest BCUT2D eigenvalue weighted by Crippen LogP contribution is 1.56. The maximum atomic E-state index is 6.00. The molecule has 0 aliphatic rings. The first-order valence-corrected chi connectivity index (χ1v) is 3.41. The second kappa shape index (κ2) is 32.1. The predicted molar refractivity (Wildman–Crippen MR) is 51.6 cm³/mol. The van der Waals surface area contributed by atoms with Gasteiger partial charge < -0.3 is 11.7 Å². The number of rotatable bonds is 2. The van der Waals surface area contributed by atoms with Crippen LogP contribution >= 0.6 is 0 Å². The Kier molecular flexibility index (Phi) is 42.6. The van der Waals surface area contributed by atoms with Crippen molar-refractivity contribution < 1.29 is 0 Å². The van der Waals surface area contributed by atoms with Crippen molar-refractivity contribution in [2.24, 2.45) is 32.1 Å². The third kappa shape index (κ3) is 147. The van der Waals surface area contributed by atoms with Crippen molar-refractivity contribution in [3.63, 3.8) is 0 Å². The fourth-order valence-electron chi connectivity index (χ4n) is 0.0667. The molecule has 0 bridgehead atoms. The molecule has 0 aliphatic heterocycles. The molecule has 0 saturated carbocycles. The van der Waals surface area contributed by atoms with Gasteiger partial charge in [0.1, 0.15) is 0 Å². The fourth-order valence-corrected chi connectivity index (χ4v) is 0.0667. The molecular formula is C5H16N8. The van der Waals surface area contributed by atoms with E-state index < -0.39 is 0 Å². The molecule has 0 amide bonds. The summed E-state index contributed by atoms with van der Waals surface area (Å²) in [5.74, 6) is 8.99. The van der Waals surface area contributed by atoms with E-state index >= 15 is 0 Å². The molecule has 0 fully saturated rings. The van der Waals surface area contributed by atoms with Crippen LogP contribution in [0.5, 0.6) is 0 Å². The minimum absolute atomic E-state index is 0.944. The third-order valence-electron chi connectivity index (χ3n) is 0.249. The van der Waals surface area contributed by atoms with Crippen LogP contribution in [0.1, 0.15) is 20.3 Å². The van der Waals surface area contributed by atoms with Gasteiger partial charge in [-0.15, -0.1) is 10.2 Å². The zero-order chi connectivity index (χ0) is 10.9. The molecule has 0 unspecified atom stereocenters. The molecule has 8 nitrogen and oxygen atoms in total. The van der Waals surface area contributed by atoms with Crippen molar-refractivity contribution in [1.82, 2.24) is 0 Å². The topological polar surface area (TPSA) is 149 Å². The molecule has 13 heavy (non-hydrogen) atoms. The zero-order valence-electron chi connectivity index (χ0n) is 7.81. The molecule has 0 saturated heterocycles. The molecular weight excluding hydrogens is 172 g/mol. The highest BCUT2D eigenvalue weighted by atomic mass is 15.2. The molecule has 76 valence electrons. The van der Waals surface area contributed by atoms with E-state index in [1.54, 1.807) is 0 Å². The number of nitrogens with one attached hydrogen (secondary N) is 2. The predicted octanol–water partition coefficient (Wildman–Crippen LogP) is 1.26.